The van der Waals surface area contributed by atoms with Gasteiger partial charge in [0.1, 0.15) is 6.54 Å². The summed E-state index contributed by atoms with van der Waals surface area (Å²) in [6, 6.07) is 0.0846. The largest absolute Gasteiger partial charge is 0.347 e. The van der Waals surface area contributed by atoms with Crippen LogP contribution in [-0.2, 0) is 16.1 Å². The average Bonchev–Trinajstić information content (AvgIpc) is 3.25. The van der Waals surface area contributed by atoms with Gasteiger partial charge in [-0.05, 0) is 25.7 Å². The number of piperidine rings is 1. The molecule has 3 saturated heterocycles. The van der Waals surface area contributed by atoms with Gasteiger partial charge in [0.05, 0.1) is 12.5 Å². The summed E-state index contributed by atoms with van der Waals surface area (Å²) in [6.45, 7) is 2.24. The number of rotatable bonds is 5. The molecule has 4 fully saturated rings. The molecular formula is C19H29N5O3. The Labute approximate surface area is 159 Å². The average molecular weight is 375 g/mol. The summed E-state index contributed by atoms with van der Waals surface area (Å²) in [7, 11) is 3.46. The number of amides is 2. The summed E-state index contributed by atoms with van der Waals surface area (Å²) in [5, 5.41) is 4.18. The van der Waals surface area contributed by atoms with Gasteiger partial charge in [-0.1, -0.05) is 18.0 Å². The number of hydrogen-bond donors (Lipinski definition) is 0. The van der Waals surface area contributed by atoms with Crippen LogP contribution in [0.2, 0.25) is 0 Å². The first-order valence-electron chi connectivity index (χ1n) is 10.1. The molecule has 2 bridgehead atoms. The zero-order valence-electron chi connectivity index (χ0n) is 16.3. The van der Waals surface area contributed by atoms with Gasteiger partial charge >= 0.3 is 0 Å². The van der Waals surface area contributed by atoms with Crippen LogP contribution < -0.4 is 0 Å². The van der Waals surface area contributed by atoms with E-state index in [1.165, 1.54) is 12.8 Å². The zero-order valence-corrected chi connectivity index (χ0v) is 16.3. The van der Waals surface area contributed by atoms with Gasteiger partial charge in [-0.2, -0.15) is 4.98 Å². The van der Waals surface area contributed by atoms with Gasteiger partial charge in [0, 0.05) is 39.1 Å². The van der Waals surface area contributed by atoms with Gasteiger partial charge in [-0.15, -0.1) is 0 Å². The monoisotopic (exact) mass is 375 g/mol. The van der Waals surface area contributed by atoms with Crippen molar-refractivity contribution in [3.8, 4) is 0 Å². The van der Waals surface area contributed by atoms with Crippen molar-refractivity contribution in [1.82, 2.24) is 24.8 Å². The lowest BCUT2D eigenvalue weighted by Gasteiger charge is -2.36. The summed E-state index contributed by atoms with van der Waals surface area (Å²) in [5.41, 5.74) is 0. The molecule has 5 rings (SSSR count). The van der Waals surface area contributed by atoms with E-state index in [0.29, 0.717) is 24.8 Å². The predicted molar refractivity (Wildman–Crippen MR) is 97.7 cm³/mol. The van der Waals surface area contributed by atoms with Crippen LogP contribution in [0.15, 0.2) is 4.52 Å². The Kier molecular flexibility index (Phi) is 5.16. The lowest BCUT2D eigenvalue weighted by Crippen LogP contribution is -2.51. The Bertz CT molecular complexity index is 697. The molecule has 2 amide bonds. The van der Waals surface area contributed by atoms with E-state index < -0.39 is 0 Å². The predicted octanol–water partition coefficient (Wildman–Crippen LogP) is 1.24. The molecule has 0 spiro atoms. The highest BCUT2D eigenvalue weighted by Crippen LogP contribution is 2.33. The van der Waals surface area contributed by atoms with Crippen LogP contribution in [0, 0.1) is 5.92 Å². The lowest BCUT2D eigenvalue weighted by atomic mass is 9.94. The van der Waals surface area contributed by atoms with E-state index in [1.54, 1.807) is 23.9 Å². The van der Waals surface area contributed by atoms with Crippen LogP contribution in [0.3, 0.4) is 0 Å². The number of carbonyl (C=O) groups is 2. The Morgan fingerprint density at radius 1 is 1.15 bits per heavy atom. The topological polar surface area (TPSA) is 82.8 Å². The minimum absolute atomic E-state index is 0.0261. The fraction of sp³-hybridized carbons (Fsp3) is 0.789. The first-order chi connectivity index (χ1) is 13.0. The van der Waals surface area contributed by atoms with E-state index in [2.05, 4.69) is 15.0 Å². The molecular weight excluding hydrogens is 346 g/mol. The van der Waals surface area contributed by atoms with Gasteiger partial charge < -0.3 is 14.3 Å². The van der Waals surface area contributed by atoms with Crippen LogP contribution in [-0.4, -0.2) is 76.4 Å². The standard InChI is InChI=1S/C19H29N5O3/c1-22(2)17(25)12-24-15-8-7-14(19(24)26)9-23(10-15)11-16-20-18(27-21-16)13-5-3-4-6-13/h13-15H,3-12H2,1-2H3/t14-,15+/m1/s1. The number of fused-ring (bicyclic) bond motifs is 4. The number of hydrogen-bond acceptors (Lipinski definition) is 6. The molecule has 8 heteroatoms. The third kappa shape index (κ3) is 3.85. The van der Waals surface area contributed by atoms with Crippen molar-refractivity contribution in [1.29, 1.82) is 0 Å². The summed E-state index contributed by atoms with van der Waals surface area (Å²) in [5.74, 6) is 1.95. The highest BCUT2D eigenvalue weighted by atomic mass is 16.5. The molecule has 3 aliphatic heterocycles. The molecule has 27 heavy (non-hydrogen) atoms. The summed E-state index contributed by atoms with van der Waals surface area (Å²) in [6.07, 6.45) is 6.60. The number of likely N-dealkylation sites (N-methyl/N-ethyl adjacent to an activating group) is 1. The normalized spacial score (nSPS) is 26.6. The number of aromatic nitrogens is 2. The van der Waals surface area contributed by atoms with Crippen molar-refractivity contribution in [2.75, 3.05) is 33.7 Å². The smallest absolute Gasteiger partial charge is 0.241 e. The number of carbonyl (C=O) groups excluding carboxylic acids is 2. The molecule has 0 N–H and O–H groups in total. The second kappa shape index (κ2) is 7.58. The summed E-state index contributed by atoms with van der Waals surface area (Å²) in [4.78, 5) is 35.2. The van der Waals surface area contributed by atoms with Crippen molar-refractivity contribution < 1.29 is 14.1 Å². The maximum atomic E-state index is 12.8. The third-order valence-electron chi connectivity index (χ3n) is 6.23. The summed E-state index contributed by atoms with van der Waals surface area (Å²) < 4.78 is 5.50. The first-order valence-corrected chi connectivity index (χ1v) is 10.1. The van der Waals surface area contributed by atoms with Crippen molar-refractivity contribution >= 4 is 11.8 Å². The molecule has 0 unspecified atom stereocenters. The minimum Gasteiger partial charge on any atom is -0.347 e. The fourth-order valence-corrected chi connectivity index (χ4v) is 4.62. The van der Waals surface area contributed by atoms with E-state index in [1.807, 2.05) is 0 Å². The molecule has 1 saturated carbocycles. The first kappa shape index (κ1) is 18.4. The second-order valence-electron chi connectivity index (χ2n) is 8.41. The molecule has 4 heterocycles. The molecule has 1 aliphatic carbocycles. The van der Waals surface area contributed by atoms with Crippen LogP contribution in [0.5, 0.6) is 0 Å². The Hall–Kier alpha value is -1.96. The van der Waals surface area contributed by atoms with Crippen molar-refractivity contribution in [2.45, 2.75) is 57.0 Å². The third-order valence-corrected chi connectivity index (χ3v) is 6.23. The van der Waals surface area contributed by atoms with Crippen molar-refractivity contribution in [2.24, 2.45) is 5.92 Å². The van der Waals surface area contributed by atoms with E-state index in [4.69, 9.17) is 4.52 Å². The van der Waals surface area contributed by atoms with Gasteiger partial charge in [0.25, 0.3) is 0 Å². The van der Waals surface area contributed by atoms with Crippen molar-refractivity contribution in [3.63, 3.8) is 0 Å². The molecule has 148 valence electrons. The SMILES string of the molecule is CN(C)C(=O)CN1C(=O)[C@@H]2CC[C@H]1CN(Cc1noc(C3CCCC3)n1)C2. The molecule has 8 nitrogen and oxygen atoms in total. The summed E-state index contributed by atoms with van der Waals surface area (Å²) >= 11 is 0. The lowest BCUT2D eigenvalue weighted by molar-refractivity contribution is -0.145. The molecule has 0 radical (unpaired) electrons. The Balaban J connectivity index is 1.42. The minimum atomic E-state index is -0.0417. The van der Waals surface area contributed by atoms with Gasteiger partial charge in [-0.3, -0.25) is 14.5 Å². The number of nitrogens with zero attached hydrogens (tertiary/aromatic N) is 5. The van der Waals surface area contributed by atoms with E-state index >= 15 is 0 Å². The van der Waals surface area contributed by atoms with Gasteiger partial charge in [-0.25, -0.2) is 0 Å². The van der Waals surface area contributed by atoms with E-state index in [9.17, 15) is 9.59 Å². The van der Waals surface area contributed by atoms with Crippen molar-refractivity contribution in [3.05, 3.63) is 11.7 Å². The van der Waals surface area contributed by atoms with Crippen LogP contribution in [0.4, 0.5) is 0 Å². The molecule has 4 aliphatic rings. The second-order valence-corrected chi connectivity index (χ2v) is 8.41. The molecule has 2 atom stereocenters. The van der Waals surface area contributed by atoms with Gasteiger partial charge in [0.15, 0.2) is 5.82 Å². The van der Waals surface area contributed by atoms with E-state index in [-0.39, 0.29) is 30.3 Å². The van der Waals surface area contributed by atoms with Gasteiger partial charge in [0.2, 0.25) is 17.7 Å². The van der Waals surface area contributed by atoms with Crippen LogP contribution in [0.1, 0.15) is 56.2 Å². The quantitative estimate of drug-likeness (QED) is 0.770. The van der Waals surface area contributed by atoms with Crippen LogP contribution in [0.25, 0.3) is 0 Å². The van der Waals surface area contributed by atoms with Crippen LogP contribution >= 0.6 is 0 Å². The Morgan fingerprint density at radius 3 is 2.67 bits per heavy atom. The molecule has 1 aromatic heterocycles. The maximum Gasteiger partial charge on any atom is 0.241 e. The fourth-order valence-electron chi connectivity index (χ4n) is 4.62. The maximum absolute atomic E-state index is 12.8. The Morgan fingerprint density at radius 2 is 1.93 bits per heavy atom. The van der Waals surface area contributed by atoms with E-state index in [0.717, 1.165) is 38.1 Å². The highest BCUT2D eigenvalue weighted by molar-refractivity contribution is 5.86. The zero-order chi connectivity index (χ0) is 19.0. The molecule has 0 aromatic carbocycles. The molecule has 1 aromatic rings. The highest BCUT2D eigenvalue weighted by Gasteiger charge is 2.41.